The van der Waals surface area contributed by atoms with Crippen LogP contribution >= 0.6 is 0 Å². The van der Waals surface area contributed by atoms with Crippen LogP contribution in [0, 0.1) is 50.2 Å². The van der Waals surface area contributed by atoms with Gasteiger partial charge in [0.2, 0.25) is 0 Å². The van der Waals surface area contributed by atoms with Crippen molar-refractivity contribution in [2.45, 2.75) is 119 Å². The van der Waals surface area contributed by atoms with Crippen molar-refractivity contribution in [1.82, 2.24) is 0 Å². The predicted molar refractivity (Wildman–Crippen MR) is 131 cm³/mol. The molecule has 0 bridgehead atoms. The number of hydrogen-bond donors (Lipinski definition) is 1. The minimum atomic E-state index is -0.245. The number of hydrogen-bond acceptors (Lipinski definition) is 2. The lowest BCUT2D eigenvalue weighted by molar-refractivity contribution is -0.202. The average Bonchev–Trinajstić information content (AvgIpc) is 2.68. The molecule has 0 heterocycles. The van der Waals surface area contributed by atoms with Gasteiger partial charge >= 0.3 is 0 Å². The van der Waals surface area contributed by atoms with Crippen molar-refractivity contribution < 1.29 is 9.90 Å². The fourth-order valence-electron chi connectivity index (χ4n) is 10.3. The van der Waals surface area contributed by atoms with E-state index in [4.69, 9.17) is 0 Å². The molecule has 0 aromatic carbocycles. The van der Waals surface area contributed by atoms with Gasteiger partial charge in [-0.25, -0.2) is 0 Å². The van der Waals surface area contributed by atoms with Crippen molar-refractivity contribution in [3.8, 4) is 0 Å². The Morgan fingerprint density at radius 2 is 1.50 bits per heavy atom. The zero-order valence-corrected chi connectivity index (χ0v) is 22.1. The number of fused-ring (bicyclic) bond motifs is 7. The average molecular weight is 441 g/mol. The summed E-state index contributed by atoms with van der Waals surface area (Å²) in [6, 6.07) is 0. The smallest absolute Gasteiger partial charge is 0.159 e. The molecule has 180 valence electrons. The van der Waals surface area contributed by atoms with E-state index >= 15 is 0 Å². The molecule has 0 saturated heterocycles. The number of carbonyl (C=O) groups excluding carboxylic acids is 1. The van der Waals surface area contributed by atoms with Gasteiger partial charge in [-0.1, -0.05) is 61.0 Å². The summed E-state index contributed by atoms with van der Waals surface area (Å²) in [6.45, 7) is 19.4. The topological polar surface area (TPSA) is 37.3 Å². The van der Waals surface area contributed by atoms with E-state index in [0.717, 1.165) is 25.7 Å². The summed E-state index contributed by atoms with van der Waals surface area (Å²) in [4.78, 5) is 14.2. The van der Waals surface area contributed by atoms with E-state index < -0.39 is 0 Å². The van der Waals surface area contributed by atoms with Gasteiger partial charge in [-0.2, -0.15) is 0 Å². The van der Waals surface area contributed by atoms with E-state index in [-0.39, 0.29) is 33.7 Å². The molecule has 0 aromatic heterocycles. The SMILES string of the molecule is CC1(C)CC[C@]2(C)CC[C@]3(C)C(=CC(=O)[C@@H]4[C@@]5(C)CCC(O)C(C)(C)[C@@H]5CC[C@]43C)[C@@H]2C1. The van der Waals surface area contributed by atoms with Crippen molar-refractivity contribution in [2.24, 2.45) is 50.2 Å². The normalized spacial score (nSPS) is 53.9. The highest BCUT2D eigenvalue weighted by molar-refractivity contribution is 5.95. The fraction of sp³-hybridized carbons (Fsp3) is 0.900. The second-order valence-corrected chi connectivity index (χ2v) is 15.2. The number of allylic oxidation sites excluding steroid dienone is 2. The number of rotatable bonds is 0. The predicted octanol–water partition coefficient (Wildman–Crippen LogP) is 7.35. The van der Waals surface area contributed by atoms with Gasteiger partial charge in [0.25, 0.3) is 0 Å². The Morgan fingerprint density at radius 1 is 0.844 bits per heavy atom. The first-order valence-electron chi connectivity index (χ1n) is 13.5. The van der Waals surface area contributed by atoms with E-state index in [1.54, 1.807) is 0 Å². The summed E-state index contributed by atoms with van der Waals surface area (Å²) in [5.74, 6) is 1.49. The molecule has 0 spiro atoms. The molecule has 4 fully saturated rings. The lowest BCUT2D eigenvalue weighted by Crippen LogP contribution is -2.66. The summed E-state index contributed by atoms with van der Waals surface area (Å²) >= 11 is 0. The summed E-state index contributed by atoms with van der Waals surface area (Å²) in [6.07, 6.45) is 12.4. The van der Waals surface area contributed by atoms with Gasteiger partial charge in [0.1, 0.15) is 0 Å². The lowest BCUT2D eigenvalue weighted by atomic mass is 9.33. The first-order chi connectivity index (χ1) is 14.6. The molecule has 2 heteroatoms. The third-order valence-electron chi connectivity index (χ3n) is 12.8. The van der Waals surface area contributed by atoms with Crippen molar-refractivity contribution in [3.05, 3.63) is 11.6 Å². The Hall–Kier alpha value is -0.630. The van der Waals surface area contributed by atoms with Crippen LogP contribution in [-0.2, 0) is 4.79 Å². The van der Waals surface area contributed by atoms with Gasteiger partial charge in [-0.3, -0.25) is 4.79 Å². The van der Waals surface area contributed by atoms with Crippen LogP contribution in [0.4, 0.5) is 0 Å². The largest absolute Gasteiger partial charge is 0.393 e. The maximum atomic E-state index is 14.2. The van der Waals surface area contributed by atoms with E-state index in [0.29, 0.717) is 28.4 Å². The Kier molecular flexibility index (Phi) is 4.71. The van der Waals surface area contributed by atoms with Gasteiger partial charge in [-0.15, -0.1) is 0 Å². The zero-order chi connectivity index (χ0) is 23.5. The van der Waals surface area contributed by atoms with Crippen molar-refractivity contribution >= 4 is 5.78 Å². The van der Waals surface area contributed by atoms with Crippen LogP contribution in [0.25, 0.3) is 0 Å². The van der Waals surface area contributed by atoms with Crippen LogP contribution in [-0.4, -0.2) is 17.0 Å². The summed E-state index contributed by atoms with van der Waals surface area (Å²) in [7, 11) is 0. The quantitative estimate of drug-likeness (QED) is 0.427. The molecule has 0 amide bonds. The molecule has 5 rings (SSSR count). The molecule has 5 aliphatic rings. The molecule has 2 nitrogen and oxygen atoms in total. The number of aliphatic hydroxyl groups is 1. The van der Waals surface area contributed by atoms with E-state index in [1.165, 1.54) is 37.7 Å². The van der Waals surface area contributed by atoms with Crippen molar-refractivity contribution in [2.75, 3.05) is 0 Å². The number of ketones is 1. The first-order valence-corrected chi connectivity index (χ1v) is 13.5. The highest BCUT2D eigenvalue weighted by atomic mass is 16.3. The van der Waals surface area contributed by atoms with Gasteiger partial charge < -0.3 is 5.11 Å². The maximum absolute atomic E-state index is 14.2. The van der Waals surface area contributed by atoms with E-state index in [9.17, 15) is 9.90 Å². The van der Waals surface area contributed by atoms with Crippen LogP contribution in [0.3, 0.4) is 0 Å². The molecule has 0 radical (unpaired) electrons. The summed E-state index contributed by atoms with van der Waals surface area (Å²) in [5.41, 5.74) is 2.29. The van der Waals surface area contributed by atoms with Crippen LogP contribution in [0.1, 0.15) is 113 Å². The molecular weight excluding hydrogens is 392 g/mol. The first kappa shape index (κ1) is 23.1. The molecule has 8 atom stereocenters. The second kappa shape index (κ2) is 6.52. The van der Waals surface area contributed by atoms with Gasteiger partial charge in [0, 0.05) is 5.92 Å². The Morgan fingerprint density at radius 3 is 2.19 bits per heavy atom. The summed E-state index contributed by atoms with van der Waals surface area (Å²) < 4.78 is 0. The minimum absolute atomic E-state index is 0.00948. The molecule has 0 aliphatic heterocycles. The van der Waals surface area contributed by atoms with Gasteiger partial charge in [0.05, 0.1) is 6.10 Å². The molecule has 1 N–H and O–H groups in total. The zero-order valence-electron chi connectivity index (χ0n) is 22.1. The number of aliphatic hydroxyl groups excluding tert-OH is 1. The molecule has 5 aliphatic carbocycles. The fourth-order valence-corrected chi connectivity index (χ4v) is 10.3. The van der Waals surface area contributed by atoms with Gasteiger partial charge in [-0.05, 0) is 108 Å². The summed E-state index contributed by atoms with van der Waals surface area (Å²) in [5, 5.41) is 10.9. The lowest BCUT2D eigenvalue weighted by Gasteiger charge is -2.70. The van der Waals surface area contributed by atoms with Crippen LogP contribution in [0.5, 0.6) is 0 Å². The second-order valence-electron chi connectivity index (χ2n) is 15.2. The minimum Gasteiger partial charge on any atom is -0.393 e. The van der Waals surface area contributed by atoms with Crippen molar-refractivity contribution in [1.29, 1.82) is 0 Å². The maximum Gasteiger partial charge on any atom is 0.159 e. The van der Waals surface area contributed by atoms with Crippen LogP contribution in [0.2, 0.25) is 0 Å². The van der Waals surface area contributed by atoms with Crippen LogP contribution in [0.15, 0.2) is 11.6 Å². The van der Waals surface area contributed by atoms with Gasteiger partial charge in [0.15, 0.2) is 5.78 Å². The molecule has 4 saturated carbocycles. The third kappa shape index (κ3) is 2.71. The number of carbonyl (C=O) groups is 1. The highest BCUT2D eigenvalue weighted by Crippen LogP contribution is 2.75. The standard InChI is InChI=1S/C30H48O2/c1-25(2)13-14-27(5)15-16-29(7)19(20(27)18-25)17-21(31)24-28(6)11-10-23(32)26(3,4)22(28)9-12-30(24,29)8/h17,20,22-24,32H,9-16,18H2,1-8H3/t20-,22-,23?,24+,27+,28-,29+,30+/m0/s1. The third-order valence-corrected chi connectivity index (χ3v) is 12.8. The Labute approximate surface area is 197 Å². The Balaban J connectivity index is 1.63. The van der Waals surface area contributed by atoms with Crippen molar-refractivity contribution in [3.63, 3.8) is 0 Å². The Bertz CT molecular complexity index is 866. The molecule has 0 aromatic rings. The van der Waals surface area contributed by atoms with E-state index in [2.05, 4.69) is 61.5 Å². The van der Waals surface area contributed by atoms with E-state index in [1.807, 2.05) is 0 Å². The molecule has 32 heavy (non-hydrogen) atoms. The van der Waals surface area contributed by atoms with Crippen LogP contribution < -0.4 is 0 Å². The monoisotopic (exact) mass is 440 g/mol. The highest BCUT2D eigenvalue weighted by Gasteiger charge is 2.69. The molecular formula is C30H48O2. The molecule has 1 unspecified atom stereocenters.